The average Bonchev–Trinajstić information content (AvgIpc) is 2.57. The third kappa shape index (κ3) is 1.07. The highest BCUT2D eigenvalue weighted by molar-refractivity contribution is 5.56. The van der Waals surface area contributed by atoms with Gasteiger partial charge in [-0.3, -0.25) is 10.1 Å². The van der Waals surface area contributed by atoms with Crippen LogP contribution in [0.3, 0.4) is 0 Å². The van der Waals surface area contributed by atoms with Crippen LogP contribution in [0.5, 0.6) is 0 Å². The summed E-state index contributed by atoms with van der Waals surface area (Å²) in [5.41, 5.74) is 1.95. The molecule has 2 aromatic heterocycles. The van der Waals surface area contributed by atoms with Crippen LogP contribution in [0.4, 0.5) is 0 Å². The number of rotatable bonds is 1. The zero-order valence-electron chi connectivity index (χ0n) is 6.65. The maximum atomic E-state index is 4.15. The molecule has 4 nitrogen and oxygen atoms in total. The molecule has 2 aromatic rings. The summed E-state index contributed by atoms with van der Waals surface area (Å²) in [4.78, 5) is 8.19. The quantitative estimate of drug-likeness (QED) is 0.681. The summed E-state index contributed by atoms with van der Waals surface area (Å²) in [7, 11) is 0. The summed E-state index contributed by atoms with van der Waals surface area (Å²) in [5.74, 6) is 0.764. The fraction of sp³-hybridized carbons (Fsp3) is 0.125. The lowest BCUT2D eigenvalue weighted by molar-refractivity contribution is 1.09. The Labute approximate surface area is 69.7 Å². The van der Waals surface area contributed by atoms with Crippen LogP contribution in [0.1, 0.15) is 5.69 Å². The molecule has 1 N–H and O–H groups in total. The number of aromatic nitrogens is 4. The van der Waals surface area contributed by atoms with E-state index in [0.29, 0.717) is 0 Å². The lowest BCUT2D eigenvalue weighted by atomic mass is 10.2. The molecule has 4 heteroatoms. The van der Waals surface area contributed by atoms with E-state index >= 15 is 0 Å². The lowest BCUT2D eigenvalue weighted by Crippen LogP contribution is -1.87. The van der Waals surface area contributed by atoms with Crippen molar-refractivity contribution in [3.8, 4) is 11.4 Å². The molecule has 2 heterocycles. The van der Waals surface area contributed by atoms with Gasteiger partial charge in [-0.15, -0.1) is 0 Å². The number of aryl methyl sites for hydroxylation is 1. The maximum absolute atomic E-state index is 4.15. The van der Waals surface area contributed by atoms with Crippen molar-refractivity contribution in [3.63, 3.8) is 0 Å². The number of nitrogens with zero attached hydrogens (tertiary/aromatic N) is 3. The first-order valence-electron chi connectivity index (χ1n) is 3.65. The van der Waals surface area contributed by atoms with Crippen molar-refractivity contribution in [3.05, 3.63) is 30.4 Å². The summed E-state index contributed by atoms with van der Waals surface area (Å²) in [6.07, 6.45) is 3.25. The zero-order valence-corrected chi connectivity index (χ0v) is 6.65. The van der Waals surface area contributed by atoms with Gasteiger partial charge < -0.3 is 0 Å². The zero-order chi connectivity index (χ0) is 8.39. The van der Waals surface area contributed by atoms with Crippen LogP contribution in [-0.4, -0.2) is 20.2 Å². The molecule has 0 amide bonds. The van der Waals surface area contributed by atoms with Crippen molar-refractivity contribution in [2.75, 3.05) is 0 Å². The smallest absolute Gasteiger partial charge is 0.157 e. The van der Waals surface area contributed by atoms with Crippen LogP contribution < -0.4 is 0 Å². The number of nitrogens with one attached hydrogen (secondary N) is 1. The van der Waals surface area contributed by atoms with Gasteiger partial charge in [-0.05, 0) is 19.1 Å². The fourth-order valence-corrected chi connectivity index (χ4v) is 1.07. The van der Waals surface area contributed by atoms with E-state index in [9.17, 15) is 0 Å². The van der Waals surface area contributed by atoms with E-state index in [0.717, 1.165) is 17.1 Å². The molecular weight excluding hydrogens is 152 g/mol. The summed E-state index contributed by atoms with van der Waals surface area (Å²) in [5, 5.41) is 6.57. The molecule has 2 rings (SSSR count). The van der Waals surface area contributed by atoms with Crippen molar-refractivity contribution in [2.24, 2.45) is 0 Å². The third-order valence-electron chi connectivity index (χ3n) is 1.68. The van der Waals surface area contributed by atoms with Gasteiger partial charge in [0.05, 0.1) is 0 Å². The first-order chi connectivity index (χ1) is 5.88. The van der Waals surface area contributed by atoms with E-state index < -0.39 is 0 Å². The van der Waals surface area contributed by atoms with Crippen molar-refractivity contribution in [2.45, 2.75) is 6.92 Å². The molecule has 0 saturated heterocycles. The number of hydrogen-bond acceptors (Lipinski definition) is 3. The van der Waals surface area contributed by atoms with Gasteiger partial charge in [0, 0.05) is 17.5 Å². The number of hydrogen-bond donors (Lipinski definition) is 1. The number of H-pyrrole nitrogens is 1. The molecule has 0 atom stereocenters. The molecule has 0 radical (unpaired) electrons. The van der Waals surface area contributed by atoms with E-state index in [1.807, 2.05) is 19.1 Å². The summed E-state index contributed by atoms with van der Waals surface area (Å²) < 4.78 is 0. The second-order valence-corrected chi connectivity index (χ2v) is 2.47. The SMILES string of the molecule is Cc1ncccc1-c1ncn[nH]1. The Balaban J connectivity index is 2.55. The minimum absolute atomic E-state index is 0.764. The first kappa shape index (κ1) is 6.97. The summed E-state index contributed by atoms with van der Waals surface area (Å²) in [6.45, 7) is 1.94. The Kier molecular flexibility index (Phi) is 1.59. The monoisotopic (exact) mass is 160 g/mol. The van der Waals surface area contributed by atoms with Gasteiger partial charge in [0.1, 0.15) is 6.33 Å². The highest BCUT2D eigenvalue weighted by Gasteiger charge is 2.02. The molecule has 0 spiro atoms. The minimum Gasteiger partial charge on any atom is -0.261 e. The van der Waals surface area contributed by atoms with Gasteiger partial charge in [-0.1, -0.05) is 0 Å². The van der Waals surface area contributed by atoms with Crippen LogP contribution in [0, 0.1) is 6.92 Å². The predicted octanol–water partition coefficient (Wildman–Crippen LogP) is 1.18. The minimum atomic E-state index is 0.764. The van der Waals surface area contributed by atoms with Crippen molar-refractivity contribution in [1.82, 2.24) is 20.2 Å². The van der Waals surface area contributed by atoms with Gasteiger partial charge in [-0.2, -0.15) is 5.10 Å². The highest BCUT2D eigenvalue weighted by Crippen LogP contribution is 2.15. The molecule has 12 heavy (non-hydrogen) atoms. The molecule has 0 unspecified atom stereocenters. The Hall–Kier alpha value is -1.71. The predicted molar refractivity (Wildman–Crippen MR) is 44.4 cm³/mol. The second-order valence-electron chi connectivity index (χ2n) is 2.47. The number of pyridine rings is 1. The Morgan fingerprint density at radius 2 is 2.25 bits per heavy atom. The van der Waals surface area contributed by atoms with Crippen LogP contribution in [0.2, 0.25) is 0 Å². The molecular formula is C8H8N4. The summed E-state index contributed by atoms with van der Waals surface area (Å²) >= 11 is 0. The van der Waals surface area contributed by atoms with Gasteiger partial charge in [0.2, 0.25) is 0 Å². The van der Waals surface area contributed by atoms with Crippen molar-refractivity contribution < 1.29 is 0 Å². The number of aromatic amines is 1. The lowest BCUT2D eigenvalue weighted by Gasteiger charge is -1.98. The Morgan fingerprint density at radius 3 is 2.92 bits per heavy atom. The Morgan fingerprint density at radius 1 is 1.33 bits per heavy atom. The van der Waals surface area contributed by atoms with Gasteiger partial charge in [-0.25, -0.2) is 4.98 Å². The highest BCUT2D eigenvalue weighted by atomic mass is 15.2. The standard InChI is InChI=1S/C8H8N4/c1-6-7(3-2-4-9-6)8-10-5-11-12-8/h2-5H,1H3,(H,10,11,12). The van der Waals surface area contributed by atoms with Crippen LogP contribution in [0.25, 0.3) is 11.4 Å². The van der Waals surface area contributed by atoms with E-state index in [-0.39, 0.29) is 0 Å². The topological polar surface area (TPSA) is 54.5 Å². The third-order valence-corrected chi connectivity index (χ3v) is 1.68. The van der Waals surface area contributed by atoms with Crippen LogP contribution >= 0.6 is 0 Å². The largest absolute Gasteiger partial charge is 0.261 e. The molecule has 0 aromatic carbocycles. The molecule has 60 valence electrons. The molecule has 0 saturated carbocycles. The normalized spacial score (nSPS) is 10.1. The van der Waals surface area contributed by atoms with E-state index in [1.165, 1.54) is 6.33 Å². The summed E-state index contributed by atoms with van der Waals surface area (Å²) in [6, 6.07) is 3.84. The molecule has 0 aliphatic rings. The van der Waals surface area contributed by atoms with Gasteiger partial charge in [0.15, 0.2) is 5.82 Å². The van der Waals surface area contributed by atoms with Crippen LogP contribution in [0.15, 0.2) is 24.7 Å². The van der Waals surface area contributed by atoms with Gasteiger partial charge in [0.25, 0.3) is 0 Å². The average molecular weight is 160 g/mol. The van der Waals surface area contributed by atoms with E-state index in [1.54, 1.807) is 6.20 Å². The molecule has 0 bridgehead atoms. The Bertz CT molecular complexity index is 366. The molecule has 0 aliphatic carbocycles. The molecule has 0 aliphatic heterocycles. The maximum Gasteiger partial charge on any atom is 0.157 e. The van der Waals surface area contributed by atoms with Crippen molar-refractivity contribution in [1.29, 1.82) is 0 Å². The van der Waals surface area contributed by atoms with E-state index in [4.69, 9.17) is 0 Å². The molecule has 0 fully saturated rings. The van der Waals surface area contributed by atoms with Crippen LogP contribution in [-0.2, 0) is 0 Å². The second kappa shape index (κ2) is 2.73. The first-order valence-corrected chi connectivity index (χ1v) is 3.65. The van der Waals surface area contributed by atoms with Gasteiger partial charge >= 0.3 is 0 Å². The van der Waals surface area contributed by atoms with E-state index in [2.05, 4.69) is 20.2 Å². The fourth-order valence-electron chi connectivity index (χ4n) is 1.07. The van der Waals surface area contributed by atoms with Crippen molar-refractivity contribution >= 4 is 0 Å².